The average Bonchev–Trinajstić information content (AvgIpc) is 2.72. The Morgan fingerprint density at radius 3 is 2.32 bits per heavy atom. The van der Waals surface area contributed by atoms with Crippen molar-refractivity contribution in [2.24, 2.45) is 0 Å². The molecule has 0 aliphatic heterocycles. The molecule has 0 fully saturated rings. The topological polar surface area (TPSA) is 61.8 Å². The van der Waals surface area contributed by atoms with E-state index in [-0.39, 0.29) is 24.5 Å². The second-order valence-electron chi connectivity index (χ2n) is 6.05. The van der Waals surface area contributed by atoms with E-state index in [0.29, 0.717) is 11.3 Å². The number of rotatable bonds is 7. The molecule has 0 atom stereocenters. The highest BCUT2D eigenvalue weighted by Crippen LogP contribution is 2.21. The van der Waals surface area contributed by atoms with Crippen LogP contribution in [0.1, 0.15) is 26.3 Å². The summed E-state index contributed by atoms with van der Waals surface area (Å²) in [7, 11) is 0. The first-order chi connectivity index (χ1) is 13.6. The SMILES string of the molecule is Cc1cccc(C(=O)Oc2ccccc2C(=O)OCCOc2ccccc2)c1. The summed E-state index contributed by atoms with van der Waals surface area (Å²) in [6.45, 7) is 2.19. The quantitative estimate of drug-likeness (QED) is 0.346. The van der Waals surface area contributed by atoms with Crippen LogP contribution in [0.5, 0.6) is 11.5 Å². The number of aryl methyl sites for hydroxylation is 1. The molecule has 0 N–H and O–H groups in total. The van der Waals surface area contributed by atoms with Gasteiger partial charge in [0, 0.05) is 0 Å². The zero-order valence-corrected chi connectivity index (χ0v) is 15.5. The molecule has 0 aliphatic carbocycles. The van der Waals surface area contributed by atoms with Crippen LogP contribution in [0.3, 0.4) is 0 Å². The normalized spacial score (nSPS) is 10.2. The zero-order chi connectivity index (χ0) is 19.8. The Hall–Kier alpha value is -3.60. The molecule has 0 unspecified atom stereocenters. The maximum atomic E-state index is 12.4. The molecule has 0 spiro atoms. The average molecular weight is 376 g/mol. The maximum absolute atomic E-state index is 12.4. The second-order valence-corrected chi connectivity index (χ2v) is 6.05. The van der Waals surface area contributed by atoms with Crippen molar-refractivity contribution in [2.75, 3.05) is 13.2 Å². The van der Waals surface area contributed by atoms with Gasteiger partial charge in [0.1, 0.15) is 30.3 Å². The molecule has 3 rings (SSSR count). The summed E-state index contributed by atoms with van der Waals surface area (Å²) in [5.74, 6) is -0.255. The number of carbonyl (C=O) groups is 2. The van der Waals surface area contributed by atoms with Crippen LogP contribution < -0.4 is 9.47 Å². The lowest BCUT2D eigenvalue weighted by atomic mass is 10.1. The molecule has 5 heteroatoms. The number of benzene rings is 3. The Labute approximate surface area is 163 Å². The van der Waals surface area contributed by atoms with Crippen LogP contribution in [0.2, 0.25) is 0 Å². The second kappa shape index (κ2) is 9.37. The Bertz CT molecular complexity index is 950. The molecule has 0 saturated heterocycles. The standard InChI is InChI=1S/C23H20O5/c1-17-8-7-9-18(16-17)22(24)28-21-13-6-5-12-20(21)23(25)27-15-14-26-19-10-3-2-4-11-19/h2-13,16H,14-15H2,1H3. The summed E-state index contributed by atoms with van der Waals surface area (Å²) in [6, 6.07) is 22.8. The van der Waals surface area contributed by atoms with Crippen molar-refractivity contribution in [3.8, 4) is 11.5 Å². The van der Waals surface area contributed by atoms with Crippen molar-refractivity contribution in [3.63, 3.8) is 0 Å². The third-order valence-corrected chi connectivity index (χ3v) is 3.89. The van der Waals surface area contributed by atoms with Crippen LogP contribution >= 0.6 is 0 Å². The van der Waals surface area contributed by atoms with Gasteiger partial charge in [-0.25, -0.2) is 9.59 Å². The highest BCUT2D eigenvalue weighted by molar-refractivity contribution is 5.96. The first-order valence-electron chi connectivity index (χ1n) is 8.86. The molecule has 3 aromatic carbocycles. The molecule has 0 aliphatic rings. The van der Waals surface area contributed by atoms with Gasteiger partial charge in [-0.2, -0.15) is 0 Å². The summed E-state index contributed by atoms with van der Waals surface area (Å²) < 4.78 is 16.1. The van der Waals surface area contributed by atoms with Gasteiger partial charge in [0.05, 0.1) is 5.56 Å². The molecule has 0 amide bonds. The lowest BCUT2D eigenvalue weighted by Crippen LogP contribution is -2.15. The molecule has 142 valence electrons. The Kier molecular flexibility index (Phi) is 6.41. The highest BCUT2D eigenvalue weighted by atomic mass is 16.6. The lowest BCUT2D eigenvalue weighted by molar-refractivity contribution is 0.0445. The summed E-state index contributed by atoms with van der Waals surface area (Å²) in [4.78, 5) is 24.7. The van der Waals surface area contributed by atoms with E-state index in [1.165, 1.54) is 0 Å². The van der Waals surface area contributed by atoms with E-state index in [0.717, 1.165) is 5.56 Å². The molecule has 5 nitrogen and oxygen atoms in total. The fourth-order valence-corrected chi connectivity index (χ4v) is 2.54. The molecule has 0 aromatic heterocycles. The third-order valence-electron chi connectivity index (χ3n) is 3.89. The number of para-hydroxylation sites is 2. The van der Waals surface area contributed by atoms with Crippen LogP contribution in [0.25, 0.3) is 0 Å². The van der Waals surface area contributed by atoms with Crippen molar-refractivity contribution in [1.29, 1.82) is 0 Å². The largest absolute Gasteiger partial charge is 0.490 e. The van der Waals surface area contributed by atoms with E-state index in [9.17, 15) is 9.59 Å². The van der Waals surface area contributed by atoms with E-state index in [2.05, 4.69) is 0 Å². The number of hydrogen-bond acceptors (Lipinski definition) is 5. The summed E-state index contributed by atoms with van der Waals surface area (Å²) in [6.07, 6.45) is 0. The van der Waals surface area contributed by atoms with Crippen molar-refractivity contribution in [3.05, 3.63) is 95.6 Å². The molecule has 3 aromatic rings. The van der Waals surface area contributed by atoms with Crippen LogP contribution in [0.15, 0.2) is 78.9 Å². The van der Waals surface area contributed by atoms with Crippen molar-refractivity contribution >= 4 is 11.9 Å². The molecule has 0 heterocycles. The van der Waals surface area contributed by atoms with E-state index >= 15 is 0 Å². The van der Waals surface area contributed by atoms with Gasteiger partial charge in [-0.15, -0.1) is 0 Å². The van der Waals surface area contributed by atoms with E-state index in [1.807, 2.05) is 43.3 Å². The first kappa shape index (κ1) is 19.2. The highest BCUT2D eigenvalue weighted by Gasteiger charge is 2.17. The number of ether oxygens (including phenoxy) is 3. The van der Waals surface area contributed by atoms with Gasteiger partial charge in [0.2, 0.25) is 0 Å². The fraction of sp³-hybridized carbons (Fsp3) is 0.130. The maximum Gasteiger partial charge on any atom is 0.343 e. The van der Waals surface area contributed by atoms with Gasteiger partial charge >= 0.3 is 11.9 Å². The van der Waals surface area contributed by atoms with Gasteiger partial charge in [-0.05, 0) is 43.3 Å². The fourth-order valence-electron chi connectivity index (χ4n) is 2.54. The minimum absolute atomic E-state index is 0.0773. The molecule has 0 bridgehead atoms. The molecule has 0 radical (unpaired) electrons. The smallest absolute Gasteiger partial charge is 0.343 e. The van der Waals surface area contributed by atoms with E-state index in [4.69, 9.17) is 14.2 Å². The Morgan fingerprint density at radius 2 is 1.54 bits per heavy atom. The monoisotopic (exact) mass is 376 g/mol. The van der Waals surface area contributed by atoms with Gasteiger partial charge in [-0.3, -0.25) is 0 Å². The summed E-state index contributed by atoms with van der Waals surface area (Å²) >= 11 is 0. The number of hydrogen-bond donors (Lipinski definition) is 0. The summed E-state index contributed by atoms with van der Waals surface area (Å²) in [5, 5.41) is 0. The Balaban J connectivity index is 1.59. The molecular weight excluding hydrogens is 356 g/mol. The molecule has 28 heavy (non-hydrogen) atoms. The predicted octanol–water partition coefficient (Wildman–Crippen LogP) is 4.45. The van der Waals surface area contributed by atoms with Gasteiger partial charge < -0.3 is 14.2 Å². The predicted molar refractivity (Wildman–Crippen MR) is 105 cm³/mol. The minimum atomic E-state index is -0.579. The number of carbonyl (C=O) groups excluding carboxylic acids is 2. The van der Waals surface area contributed by atoms with Gasteiger partial charge in [0.25, 0.3) is 0 Å². The van der Waals surface area contributed by atoms with Crippen LogP contribution in [-0.2, 0) is 4.74 Å². The van der Waals surface area contributed by atoms with Gasteiger partial charge in [-0.1, -0.05) is 48.0 Å². The minimum Gasteiger partial charge on any atom is -0.490 e. The Morgan fingerprint density at radius 1 is 0.786 bits per heavy atom. The molecular formula is C23H20O5. The van der Waals surface area contributed by atoms with Crippen molar-refractivity contribution in [1.82, 2.24) is 0 Å². The van der Waals surface area contributed by atoms with E-state index < -0.39 is 11.9 Å². The number of esters is 2. The van der Waals surface area contributed by atoms with Crippen LogP contribution in [0.4, 0.5) is 0 Å². The van der Waals surface area contributed by atoms with Gasteiger partial charge in [0.15, 0.2) is 0 Å². The van der Waals surface area contributed by atoms with E-state index in [1.54, 1.807) is 42.5 Å². The lowest BCUT2D eigenvalue weighted by Gasteiger charge is -2.11. The molecule has 0 saturated carbocycles. The van der Waals surface area contributed by atoms with Crippen LogP contribution in [0, 0.1) is 6.92 Å². The summed E-state index contributed by atoms with van der Waals surface area (Å²) in [5.41, 5.74) is 1.54. The van der Waals surface area contributed by atoms with Crippen LogP contribution in [-0.4, -0.2) is 25.2 Å². The van der Waals surface area contributed by atoms with Crippen molar-refractivity contribution in [2.45, 2.75) is 6.92 Å². The first-order valence-corrected chi connectivity index (χ1v) is 8.86. The van der Waals surface area contributed by atoms with Crippen molar-refractivity contribution < 1.29 is 23.8 Å². The third kappa shape index (κ3) is 5.20. The zero-order valence-electron chi connectivity index (χ0n) is 15.5.